The van der Waals surface area contributed by atoms with Crippen molar-refractivity contribution < 1.29 is 14.3 Å². The molecule has 3 rings (SSSR count). The van der Waals surface area contributed by atoms with Crippen LogP contribution in [0.3, 0.4) is 0 Å². The van der Waals surface area contributed by atoms with E-state index in [0.717, 1.165) is 28.4 Å². The van der Waals surface area contributed by atoms with Gasteiger partial charge in [-0.1, -0.05) is 30.3 Å². The van der Waals surface area contributed by atoms with Crippen molar-refractivity contribution in [3.05, 3.63) is 84.4 Å². The fourth-order valence-corrected chi connectivity index (χ4v) is 2.61. The third kappa shape index (κ3) is 6.36. The van der Waals surface area contributed by atoms with Crippen LogP contribution in [0.5, 0.6) is 11.5 Å². The molecule has 0 radical (unpaired) electrons. The summed E-state index contributed by atoms with van der Waals surface area (Å²) in [6, 6.07) is 24.8. The van der Waals surface area contributed by atoms with E-state index in [9.17, 15) is 4.79 Å². The second-order valence-corrected chi connectivity index (χ2v) is 6.31. The third-order valence-corrected chi connectivity index (χ3v) is 3.97. The van der Waals surface area contributed by atoms with Crippen molar-refractivity contribution in [2.75, 3.05) is 30.4 Å². The molecule has 0 saturated heterocycles. The van der Waals surface area contributed by atoms with Crippen LogP contribution in [0.1, 0.15) is 5.56 Å². The first-order chi connectivity index (χ1) is 13.7. The molecule has 3 aromatic carbocycles. The summed E-state index contributed by atoms with van der Waals surface area (Å²) in [6.45, 7) is 3.13. The molecule has 0 heterocycles. The summed E-state index contributed by atoms with van der Waals surface area (Å²) in [6.07, 6.45) is 0. The minimum absolute atomic E-state index is 0.105. The van der Waals surface area contributed by atoms with Crippen LogP contribution >= 0.6 is 0 Å². The first kappa shape index (κ1) is 19.3. The standard InChI is InChI=1S/C23H24N2O3/c1-18-6-5-7-20(16-18)24-17-23(26)25-19-10-12-22(13-11-19)28-15-14-27-21-8-3-2-4-9-21/h2-13,16,24H,14-15,17H2,1H3,(H,25,26). The Morgan fingerprint density at radius 3 is 2.14 bits per heavy atom. The highest BCUT2D eigenvalue weighted by Crippen LogP contribution is 2.16. The number of hydrogen-bond acceptors (Lipinski definition) is 4. The van der Waals surface area contributed by atoms with Crippen molar-refractivity contribution >= 4 is 17.3 Å². The van der Waals surface area contributed by atoms with Crippen molar-refractivity contribution in [1.82, 2.24) is 0 Å². The largest absolute Gasteiger partial charge is 0.490 e. The SMILES string of the molecule is Cc1cccc(NCC(=O)Nc2ccc(OCCOc3ccccc3)cc2)c1. The molecule has 0 bridgehead atoms. The minimum atomic E-state index is -0.105. The highest BCUT2D eigenvalue weighted by Gasteiger charge is 2.03. The maximum absolute atomic E-state index is 12.1. The fraction of sp³-hybridized carbons (Fsp3) is 0.174. The summed E-state index contributed by atoms with van der Waals surface area (Å²) >= 11 is 0. The van der Waals surface area contributed by atoms with Crippen LogP contribution in [0.4, 0.5) is 11.4 Å². The predicted molar refractivity (Wildman–Crippen MR) is 112 cm³/mol. The molecule has 144 valence electrons. The fourth-order valence-electron chi connectivity index (χ4n) is 2.61. The number of carbonyl (C=O) groups is 1. The lowest BCUT2D eigenvalue weighted by Gasteiger charge is -2.10. The van der Waals surface area contributed by atoms with Crippen LogP contribution in [0.15, 0.2) is 78.9 Å². The molecule has 0 aliphatic carbocycles. The van der Waals surface area contributed by atoms with Crippen LogP contribution in [0.2, 0.25) is 0 Å². The maximum atomic E-state index is 12.1. The van der Waals surface area contributed by atoms with Gasteiger partial charge >= 0.3 is 0 Å². The molecule has 0 unspecified atom stereocenters. The minimum Gasteiger partial charge on any atom is -0.490 e. The van der Waals surface area contributed by atoms with Gasteiger partial charge in [0.25, 0.3) is 0 Å². The number of benzene rings is 3. The van der Waals surface area contributed by atoms with Crippen LogP contribution in [0.25, 0.3) is 0 Å². The van der Waals surface area contributed by atoms with Gasteiger partial charge in [0.2, 0.25) is 5.91 Å². The van der Waals surface area contributed by atoms with E-state index in [-0.39, 0.29) is 12.5 Å². The lowest BCUT2D eigenvalue weighted by molar-refractivity contribution is -0.114. The van der Waals surface area contributed by atoms with Crippen molar-refractivity contribution in [1.29, 1.82) is 0 Å². The van der Waals surface area contributed by atoms with Crippen LogP contribution < -0.4 is 20.1 Å². The van der Waals surface area contributed by atoms with E-state index in [2.05, 4.69) is 10.6 Å². The van der Waals surface area contributed by atoms with E-state index in [1.165, 1.54) is 0 Å². The highest BCUT2D eigenvalue weighted by molar-refractivity contribution is 5.93. The van der Waals surface area contributed by atoms with Gasteiger partial charge in [0.1, 0.15) is 24.7 Å². The Labute approximate surface area is 165 Å². The molecule has 0 saturated carbocycles. The summed E-state index contributed by atoms with van der Waals surface area (Å²) in [7, 11) is 0. The van der Waals surface area contributed by atoms with Crippen molar-refractivity contribution in [3.8, 4) is 11.5 Å². The zero-order valence-electron chi connectivity index (χ0n) is 15.9. The topological polar surface area (TPSA) is 59.6 Å². The Kier molecular flexibility index (Phi) is 6.90. The predicted octanol–water partition coefficient (Wildman–Crippen LogP) is 4.50. The molecule has 1 amide bonds. The number of amides is 1. The molecule has 5 heteroatoms. The Morgan fingerprint density at radius 1 is 0.786 bits per heavy atom. The first-order valence-corrected chi connectivity index (χ1v) is 9.20. The molecule has 0 aromatic heterocycles. The smallest absolute Gasteiger partial charge is 0.243 e. The second kappa shape index (κ2) is 10.0. The number of rotatable bonds is 9. The monoisotopic (exact) mass is 376 g/mol. The summed E-state index contributed by atoms with van der Waals surface area (Å²) in [5.74, 6) is 1.45. The Hall–Kier alpha value is -3.47. The molecule has 28 heavy (non-hydrogen) atoms. The zero-order valence-corrected chi connectivity index (χ0v) is 15.9. The van der Waals surface area contributed by atoms with E-state index in [4.69, 9.17) is 9.47 Å². The number of ether oxygens (including phenoxy) is 2. The molecule has 5 nitrogen and oxygen atoms in total. The lowest BCUT2D eigenvalue weighted by atomic mass is 10.2. The molecule has 0 fully saturated rings. The first-order valence-electron chi connectivity index (χ1n) is 9.20. The highest BCUT2D eigenvalue weighted by atomic mass is 16.5. The van der Waals surface area contributed by atoms with E-state index in [0.29, 0.717) is 13.2 Å². The van der Waals surface area contributed by atoms with Gasteiger partial charge in [0.15, 0.2) is 0 Å². The van der Waals surface area contributed by atoms with Gasteiger partial charge < -0.3 is 20.1 Å². The van der Waals surface area contributed by atoms with Gasteiger partial charge in [0, 0.05) is 11.4 Å². The molecule has 0 atom stereocenters. The van der Waals surface area contributed by atoms with E-state index >= 15 is 0 Å². The van der Waals surface area contributed by atoms with Gasteiger partial charge in [0.05, 0.1) is 6.54 Å². The molecule has 3 aromatic rings. The van der Waals surface area contributed by atoms with Gasteiger partial charge in [-0.05, 0) is 61.0 Å². The van der Waals surface area contributed by atoms with E-state index < -0.39 is 0 Å². The van der Waals surface area contributed by atoms with Crippen molar-refractivity contribution in [3.63, 3.8) is 0 Å². The average molecular weight is 376 g/mol. The van der Waals surface area contributed by atoms with Crippen LogP contribution in [-0.2, 0) is 4.79 Å². The van der Waals surface area contributed by atoms with Gasteiger partial charge in [-0.25, -0.2) is 0 Å². The molecule has 0 aliphatic heterocycles. The van der Waals surface area contributed by atoms with Crippen molar-refractivity contribution in [2.45, 2.75) is 6.92 Å². The molecular weight excluding hydrogens is 352 g/mol. The Morgan fingerprint density at radius 2 is 1.46 bits per heavy atom. The Bertz CT molecular complexity index is 880. The van der Waals surface area contributed by atoms with Gasteiger partial charge in [-0.2, -0.15) is 0 Å². The molecular formula is C23H24N2O3. The number of carbonyl (C=O) groups excluding carboxylic acids is 1. The van der Waals surface area contributed by atoms with Crippen LogP contribution in [0, 0.1) is 6.92 Å². The maximum Gasteiger partial charge on any atom is 0.243 e. The Balaban J connectivity index is 1.38. The number of aryl methyl sites for hydroxylation is 1. The van der Waals surface area contributed by atoms with E-state index in [1.807, 2.05) is 85.8 Å². The lowest BCUT2D eigenvalue weighted by Crippen LogP contribution is -2.21. The number of hydrogen-bond donors (Lipinski definition) is 2. The number of nitrogens with one attached hydrogen (secondary N) is 2. The number of anilines is 2. The summed E-state index contributed by atoms with van der Waals surface area (Å²) in [5.41, 5.74) is 2.80. The number of para-hydroxylation sites is 1. The summed E-state index contributed by atoms with van der Waals surface area (Å²) in [4.78, 5) is 12.1. The quantitative estimate of drug-likeness (QED) is 0.540. The zero-order chi connectivity index (χ0) is 19.6. The molecule has 2 N–H and O–H groups in total. The van der Waals surface area contributed by atoms with E-state index in [1.54, 1.807) is 0 Å². The summed E-state index contributed by atoms with van der Waals surface area (Å²) in [5, 5.41) is 5.98. The average Bonchev–Trinajstić information content (AvgIpc) is 2.72. The van der Waals surface area contributed by atoms with Crippen molar-refractivity contribution in [2.24, 2.45) is 0 Å². The second-order valence-electron chi connectivity index (χ2n) is 6.31. The van der Waals surface area contributed by atoms with Gasteiger partial charge in [-0.15, -0.1) is 0 Å². The molecule has 0 spiro atoms. The molecule has 0 aliphatic rings. The summed E-state index contributed by atoms with van der Waals surface area (Å²) < 4.78 is 11.2. The van der Waals surface area contributed by atoms with Crippen LogP contribution in [-0.4, -0.2) is 25.7 Å². The van der Waals surface area contributed by atoms with Gasteiger partial charge in [-0.3, -0.25) is 4.79 Å². The normalized spacial score (nSPS) is 10.2. The third-order valence-electron chi connectivity index (χ3n) is 3.97.